The molecule has 3 rings (SSSR count). The molecule has 0 aromatic heterocycles. The molecular formula is C65H123N3O19. The molecule has 3 fully saturated rings. The first kappa shape index (κ1) is 79.0. The van der Waals surface area contributed by atoms with Crippen LogP contribution < -0.4 is 16.0 Å². The molecule has 3 saturated heterocycles. The highest BCUT2D eigenvalue weighted by atomic mass is 16.8. The van der Waals surface area contributed by atoms with Crippen LogP contribution in [0.4, 0.5) is 0 Å². The van der Waals surface area contributed by atoms with Crippen LogP contribution >= 0.6 is 0 Å². The van der Waals surface area contributed by atoms with Gasteiger partial charge >= 0.3 is 0 Å². The fourth-order valence-corrected chi connectivity index (χ4v) is 12.1. The van der Waals surface area contributed by atoms with Gasteiger partial charge in [0.2, 0.25) is 17.7 Å². The lowest BCUT2D eigenvalue weighted by molar-refractivity contribution is -0.366. The van der Waals surface area contributed by atoms with Gasteiger partial charge in [0.05, 0.1) is 38.1 Å². The number of unbranched alkanes of at least 4 members (excludes halogenated alkanes) is 28. The first-order valence-corrected chi connectivity index (χ1v) is 34.2. The summed E-state index contributed by atoms with van der Waals surface area (Å²) in [5, 5.41) is 118. The highest BCUT2D eigenvalue weighted by molar-refractivity contribution is 5.80. The highest BCUT2D eigenvalue weighted by Crippen LogP contribution is 2.34. The molecule has 3 amide bonds. The van der Waals surface area contributed by atoms with Crippen molar-refractivity contribution in [1.29, 1.82) is 0 Å². The number of aliphatic hydroxyl groups excluding tert-OH is 10. The van der Waals surface area contributed by atoms with Crippen LogP contribution in [-0.2, 0) is 42.8 Å². The minimum Gasteiger partial charge on any atom is -0.394 e. The Labute approximate surface area is 521 Å². The average molecular weight is 1250 g/mol. The highest BCUT2D eigenvalue weighted by Gasteiger charge is 2.55. The van der Waals surface area contributed by atoms with Crippen LogP contribution in [0.1, 0.15) is 253 Å². The Kier molecular flexibility index (Phi) is 41.7. The van der Waals surface area contributed by atoms with Crippen molar-refractivity contribution in [3.8, 4) is 0 Å². The number of rotatable bonds is 49. The summed E-state index contributed by atoms with van der Waals surface area (Å²) in [5.74, 6) is -1.46. The minimum atomic E-state index is -1.92. The van der Waals surface area contributed by atoms with Crippen LogP contribution in [0.3, 0.4) is 0 Å². The average Bonchev–Trinajstić information content (AvgIpc) is 0.937. The molecule has 512 valence electrons. The van der Waals surface area contributed by atoms with E-state index in [4.69, 9.17) is 28.4 Å². The van der Waals surface area contributed by atoms with Gasteiger partial charge in [0.1, 0.15) is 79.2 Å². The molecule has 0 saturated carbocycles. The second kappa shape index (κ2) is 45.9. The van der Waals surface area contributed by atoms with Crippen molar-refractivity contribution in [3.63, 3.8) is 0 Å². The maximum Gasteiger partial charge on any atom is 0.249 e. The quantitative estimate of drug-likeness (QED) is 0.0316. The molecule has 3 heterocycles. The largest absolute Gasteiger partial charge is 0.394 e. The summed E-state index contributed by atoms with van der Waals surface area (Å²) in [5.41, 5.74) is 0. The van der Waals surface area contributed by atoms with E-state index in [-0.39, 0.29) is 12.8 Å². The molecular weight excluding hydrogens is 1130 g/mol. The van der Waals surface area contributed by atoms with Gasteiger partial charge in [0, 0.05) is 13.8 Å². The number of hydrogen-bond donors (Lipinski definition) is 13. The number of aliphatic hydroxyl groups is 10. The molecule has 0 unspecified atom stereocenters. The van der Waals surface area contributed by atoms with E-state index in [0.29, 0.717) is 12.8 Å². The molecule has 0 spiro atoms. The zero-order valence-electron chi connectivity index (χ0n) is 54.1. The molecule has 22 heteroatoms. The van der Waals surface area contributed by atoms with E-state index in [2.05, 4.69) is 36.7 Å². The Morgan fingerprint density at radius 2 is 0.897 bits per heavy atom. The van der Waals surface area contributed by atoms with E-state index in [1.807, 2.05) is 0 Å². The predicted octanol–water partition coefficient (Wildman–Crippen LogP) is 5.88. The van der Waals surface area contributed by atoms with Gasteiger partial charge in [-0.15, -0.1) is 0 Å². The van der Waals surface area contributed by atoms with Crippen molar-refractivity contribution < 1.29 is 93.9 Å². The number of carbonyl (C=O) groups excluding carboxylic acids is 3. The van der Waals surface area contributed by atoms with Crippen molar-refractivity contribution in [2.45, 2.75) is 370 Å². The summed E-state index contributed by atoms with van der Waals surface area (Å²) < 4.78 is 36.9. The van der Waals surface area contributed by atoms with Gasteiger partial charge in [-0.3, -0.25) is 14.4 Å². The molecule has 0 aromatic carbocycles. The van der Waals surface area contributed by atoms with Crippen LogP contribution in [-0.4, -0.2) is 205 Å². The Morgan fingerprint density at radius 3 is 1.36 bits per heavy atom. The van der Waals surface area contributed by atoms with Gasteiger partial charge in [0.25, 0.3) is 0 Å². The molecule has 3 aliphatic heterocycles. The second-order valence-electron chi connectivity index (χ2n) is 25.8. The van der Waals surface area contributed by atoms with Gasteiger partial charge < -0.3 is 95.4 Å². The third-order valence-electron chi connectivity index (χ3n) is 17.6. The summed E-state index contributed by atoms with van der Waals surface area (Å²) in [6.45, 7) is 8.13. The maximum atomic E-state index is 13.8. The van der Waals surface area contributed by atoms with E-state index < -0.39 is 154 Å². The summed E-state index contributed by atoms with van der Waals surface area (Å²) >= 11 is 0. The standard InChI is InChI=1S/C65H123N3O19/c1-7-8-9-10-11-12-13-14-15-16-17-18-19-20-21-22-27-30-33-36-39-49(74)62(81)68-47(55(76)48(73)38-35-32-29-26-24-23-25-28-31-34-37-43(2)3)42-82-63-53(67-46(6)72)61(87-65-59(80)58(79)54(75)44(4)83-65)60(51(41-70)85-63)86-64-52(66-45(5)71)57(78)56(77)50(40-69)84-64/h43-44,47-61,63-65,69-70,73-80H,7-42H2,1-6H3,(H,66,71)(H,67,72)(H,68,81)/t44-,47+,48-,49-,50-,51-,52-,53-,54+,55+,56+,57-,58+,59-,60-,61-,63-,64+,65-/m1/s1. The minimum absolute atomic E-state index is 0.145. The summed E-state index contributed by atoms with van der Waals surface area (Å²) in [7, 11) is 0. The first-order valence-electron chi connectivity index (χ1n) is 34.2. The van der Waals surface area contributed by atoms with E-state index in [1.54, 1.807) is 0 Å². The monoisotopic (exact) mass is 1250 g/mol. The van der Waals surface area contributed by atoms with E-state index in [1.165, 1.54) is 142 Å². The predicted molar refractivity (Wildman–Crippen MR) is 330 cm³/mol. The lowest BCUT2D eigenvalue weighted by Gasteiger charge is -2.50. The number of hydrogen-bond acceptors (Lipinski definition) is 19. The van der Waals surface area contributed by atoms with Gasteiger partial charge in [-0.25, -0.2) is 0 Å². The van der Waals surface area contributed by atoms with Crippen LogP contribution in [0.15, 0.2) is 0 Å². The topological polar surface area (TPSA) is 345 Å². The van der Waals surface area contributed by atoms with Crippen LogP contribution in [0.5, 0.6) is 0 Å². The van der Waals surface area contributed by atoms with Crippen molar-refractivity contribution >= 4 is 17.7 Å². The molecule has 22 nitrogen and oxygen atoms in total. The van der Waals surface area contributed by atoms with Gasteiger partial charge in [-0.2, -0.15) is 0 Å². The van der Waals surface area contributed by atoms with E-state index in [9.17, 15) is 65.4 Å². The number of carbonyl (C=O) groups is 3. The third-order valence-corrected chi connectivity index (χ3v) is 17.6. The summed E-state index contributed by atoms with van der Waals surface area (Å²) in [6, 6.07) is -4.44. The second-order valence-corrected chi connectivity index (χ2v) is 25.8. The molecule has 0 aromatic rings. The third kappa shape index (κ3) is 30.4. The molecule has 0 aliphatic carbocycles. The number of nitrogens with one attached hydrogen (secondary N) is 3. The number of ether oxygens (including phenoxy) is 6. The van der Waals surface area contributed by atoms with Crippen molar-refractivity contribution in [3.05, 3.63) is 0 Å². The Hall–Kier alpha value is -2.23. The lowest BCUT2D eigenvalue weighted by Crippen LogP contribution is -2.71. The van der Waals surface area contributed by atoms with Gasteiger partial charge in [-0.05, 0) is 25.7 Å². The zero-order valence-corrected chi connectivity index (χ0v) is 54.1. The van der Waals surface area contributed by atoms with Gasteiger partial charge in [0.15, 0.2) is 18.9 Å². The molecule has 87 heavy (non-hydrogen) atoms. The Bertz CT molecular complexity index is 1780. The normalized spacial score (nSPS) is 29.1. The maximum absolute atomic E-state index is 13.8. The summed E-state index contributed by atoms with van der Waals surface area (Å²) in [6.07, 6.45) is 10.7. The van der Waals surface area contributed by atoms with E-state index in [0.717, 1.165) is 71.1 Å². The zero-order chi connectivity index (χ0) is 64.1. The first-order chi connectivity index (χ1) is 41.7. The fraction of sp³-hybridized carbons (Fsp3) is 0.954. The molecule has 13 N–H and O–H groups in total. The Balaban J connectivity index is 1.73. The van der Waals surface area contributed by atoms with Crippen molar-refractivity contribution in [1.82, 2.24) is 16.0 Å². The molecule has 19 atom stereocenters. The molecule has 0 bridgehead atoms. The molecule has 3 aliphatic rings. The van der Waals surface area contributed by atoms with Crippen LogP contribution in [0.25, 0.3) is 0 Å². The van der Waals surface area contributed by atoms with E-state index >= 15 is 0 Å². The fourth-order valence-electron chi connectivity index (χ4n) is 12.1. The van der Waals surface area contributed by atoms with Crippen molar-refractivity contribution in [2.24, 2.45) is 5.92 Å². The number of amides is 3. The van der Waals surface area contributed by atoms with Gasteiger partial charge in [-0.1, -0.05) is 220 Å². The smallest absolute Gasteiger partial charge is 0.249 e. The summed E-state index contributed by atoms with van der Waals surface area (Å²) in [4.78, 5) is 39.4. The SMILES string of the molecule is CCCCCCCCCCCCCCCCCCCCCC[C@@H](O)C(=O)N[C@@H](CO[C@@H]1O[C@H](CO)[C@@H](O[C@@H]2O[C@H](CO)[C@H](O)[C@H](O)[C@H]2NC(C)=O)[C@H](O[C@H]2O[C@H](C)[C@H](O)[C@H](O)[C@H]2O)[C@H]1NC(C)=O)[C@H](O)[C@H](O)CCCCCCCCCCCCC(C)C. The Morgan fingerprint density at radius 1 is 0.471 bits per heavy atom. The lowest BCUT2D eigenvalue weighted by atomic mass is 9.93. The van der Waals surface area contributed by atoms with Crippen LogP contribution in [0.2, 0.25) is 0 Å². The van der Waals surface area contributed by atoms with Crippen LogP contribution in [0, 0.1) is 5.92 Å². The van der Waals surface area contributed by atoms with Crippen molar-refractivity contribution in [2.75, 3.05) is 19.8 Å². The molecule has 0 radical (unpaired) electrons.